The minimum absolute atomic E-state index is 0.325. The van der Waals surface area contributed by atoms with E-state index in [2.05, 4.69) is 33.8 Å². The summed E-state index contributed by atoms with van der Waals surface area (Å²) in [5.74, 6) is 3.79. The lowest BCUT2D eigenvalue weighted by atomic mass is 9.46. The Morgan fingerprint density at radius 1 is 0.903 bits per heavy atom. The van der Waals surface area contributed by atoms with E-state index in [4.69, 9.17) is 0 Å². The molecule has 0 aliphatic heterocycles. The molecule has 0 saturated heterocycles. The number of hydrogen-bond acceptors (Lipinski definition) is 1. The third-order valence-corrected chi connectivity index (χ3v) is 9.79. The van der Waals surface area contributed by atoms with Crippen LogP contribution in [0.5, 0.6) is 0 Å². The van der Waals surface area contributed by atoms with Crippen molar-refractivity contribution < 1.29 is 4.79 Å². The van der Waals surface area contributed by atoms with Gasteiger partial charge in [-0.2, -0.15) is 0 Å². The summed E-state index contributed by atoms with van der Waals surface area (Å²) in [6.45, 7) is 17.8. The molecule has 31 heavy (non-hydrogen) atoms. The van der Waals surface area contributed by atoms with Crippen LogP contribution in [-0.2, 0) is 4.79 Å². The van der Waals surface area contributed by atoms with Gasteiger partial charge in [-0.1, -0.05) is 86.6 Å². The van der Waals surface area contributed by atoms with Crippen LogP contribution in [0.25, 0.3) is 0 Å². The van der Waals surface area contributed by atoms with Crippen LogP contribution >= 0.6 is 0 Å². The minimum atomic E-state index is 0.325. The first-order valence-corrected chi connectivity index (χ1v) is 14.1. The van der Waals surface area contributed by atoms with Crippen LogP contribution in [0.3, 0.4) is 0 Å². The van der Waals surface area contributed by atoms with E-state index < -0.39 is 0 Å². The van der Waals surface area contributed by atoms with Crippen LogP contribution in [0.15, 0.2) is 11.6 Å². The number of carbonyl (C=O) groups is 1. The van der Waals surface area contributed by atoms with Gasteiger partial charge in [0.25, 0.3) is 0 Å². The van der Waals surface area contributed by atoms with Crippen LogP contribution in [0, 0.1) is 40.4 Å². The number of hydrogen-bond donors (Lipinski definition) is 0. The van der Waals surface area contributed by atoms with Crippen molar-refractivity contribution in [2.24, 2.45) is 40.4 Å². The molecule has 4 aliphatic carbocycles. The van der Waals surface area contributed by atoms with E-state index in [-0.39, 0.29) is 0 Å². The highest BCUT2D eigenvalue weighted by Crippen LogP contribution is 2.66. The molecule has 4 aliphatic rings. The number of ketones is 1. The van der Waals surface area contributed by atoms with E-state index in [0.29, 0.717) is 34.4 Å². The van der Waals surface area contributed by atoms with Crippen molar-refractivity contribution in [1.82, 2.24) is 0 Å². The minimum Gasteiger partial charge on any atom is -0.295 e. The van der Waals surface area contributed by atoms with Gasteiger partial charge >= 0.3 is 0 Å². The first-order chi connectivity index (χ1) is 14.9. The van der Waals surface area contributed by atoms with Gasteiger partial charge in [-0.3, -0.25) is 4.79 Å². The molecule has 180 valence electrons. The molecule has 0 spiro atoms. The Balaban J connectivity index is 0.000000807. The van der Waals surface area contributed by atoms with Crippen molar-refractivity contribution in [2.75, 3.05) is 0 Å². The monoisotopic (exact) mass is 430 g/mol. The summed E-state index contributed by atoms with van der Waals surface area (Å²) in [4.78, 5) is 13.3. The molecule has 0 radical (unpaired) electrons. The number of fused-ring (bicyclic) bond motifs is 5. The average Bonchev–Trinajstić information content (AvgIpc) is 3.11. The van der Waals surface area contributed by atoms with Gasteiger partial charge in [0.2, 0.25) is 0 Å². The van der Waals surface area contributed by atoms with Crippen molar-refractivity contribution in [3.8, 4) is 0 Å². The van der Waals surface area contributed by atoms with E-state index in [9.17, 15) is 4.79 Å². The third-order valence-electron chi connectivity index (χ3n) is 9.79. The van der Waals surface area contributed by atoms with Crippen LogP contribution in [0.1, 0.15) is 132 Å². The van der Waals surface area contributed by atoms with E-state index in [1.807, 2.05) is 27.7 Å². The van der Waals surface area contributed by atoms with Gasteiger partial charge in [0.05, 0.1) is 0 Å². The molecule has 3 fully saturated rings. The van der Waals surface area contributed by atoms with Crippen molar-refractivity contribution in [3.63, 3.8) is 0 Å². The van der Waals surface area contributed by atoms with E-state index >= 15 is 0 Å². The van der Waals surface area contributed by atoms with E-state index in [0.717, 1.165) is 11.8 Å². The summed E-state index contributed by atoms with van der Waals surface area (Å²) in [7, 11) is 0. The molecule has 0 aromatic rings. The molecule has 0 heterocycles. The van der Waals surface area contributed by atoms with Gasteiger partial charge in [-0.15, -0.1) is 0 Å². The highest BCUT2D eigenvalue weighted by Gasteiger charge is 2.60. The molecule has 1 nitrogen and oxygen atoms in total. The number of unbranched alkanes of at least 4 members (excludes halogenated alkanes) is 3. The molecule has 0 amide bonds. The predicted molar refractivity (Wildman–Crippen MR) is 136 cm³/mol. The van der Waals surface area contributed by atoms with Crippen LogP contribution < -0.4 is 0 Å². The summed E-state index contributed by atoms with van der Waals surface area (Å²) >= 11 is 0. The fourth-order valence-electron chi connectivity index (χ4n) is 7.98. The number of allylic oxidation sites excluding steroid dienone is 2. The quantitative estimate of drug-likeness (QED) is 0.397. The van der Waals surface area contributed by atoms with Gasteiger partial charge in [0, 0.05) is 5.92 Å². The second-order valence-electron chi connectivity index (χ2n) is 11.2. The summed E-state index contributed by atoms with van der Waals surface area (Å²) < 4.78 is 0. The molecule has 0 N–H and O–H groups in total. The van der Waals surface area contributed by atoms with Crippen LogP contribution in [-0.4, -0.2) is 5.78 Å². The fourth-order valence-corrected chi connectivity index (χ4v) is 7.98. The van der Waals surface area contributed by atoms with Crippen LogP contribution in [0.4, 0.5) is 0 Å². The molecular weight excluding hydrogens is 376 g/mol. The molecule has 0 aromatic heterocycles. The summed E-state index contributed by atoms with van der Waals surface area (Å²) in [5, 5.41) is 0. The lowest BCUT2D eigenvalue weighted by Gasteiger charge is -2.57. The first-order valence-electron chi connectivity index (χ1n) is 14.1. The highest BCUT2D eigenvalue weighted by atomic mass is 16.1. The smallest absolute Gasteiger partial charge is 0.159 e. The molecular formula is C30H54O. The average molecular weight is 431 g/mol. The zero-order valence-corrected chi connectivity index (χ0v) is 22.4. The molecule has 0 bridgehead atoms. The Hall–Kier alpha value is -0.590. The Labute approximate surface area is 195 Å². The van der Waals surface area contributed by atoms with Gasteiger partial charge in [0.1, 0.15) is 0 Å². The Morgan fingerprint density at radius 2 is 1.61 bits per heavy atom. The molecule has 4 unspecified atom stereocenters. The molecule has 4 rings (SSSR count). The topological polar surface area (TPSA) is 17.1 Å². The predicted octanol–water partition coefficient (Wildman–Crippen LogP) is 9.40. The largest absolute Gasteiger partial charge is 0.295 e. The second kappa shape index (κ2) is 11.5. The maximum Gasteiger partial charge on any atom is 0.159 e. The zero-order chi connectivity index (χ0) is 23.2. The van der Waals surface area contributed by atoms with Crippen molar-refractivity contribution in [1.29, 1.82) is 0 Å². The zero-order valence-electron chi connectivity index (χ0n) is 22.4. The summed E-state index contributed by atoms with van der Waals surface area (Å²) in [6.07, 6.45) is 18.3. The van der Waals surface area contributed by atoms with Crippen molar-refractivity contribution >= 4 is 5.78 Å². The van der Waals surface area contributed by atoms with Crippen LogP contribution in [0.2, 0.25) is 0 Å². The Morgan fingerprint density at radius 3 is 2.29 bits per heavy atom. The molecule has 3 saturated carbocycles. The molecule has 7 atom stereocenters. The lowest BCUT2D eigenvalue weighted by molar-refractivity contribution is -0.134. The van der Waals surface area contributed by atoms with Gasteiger partial charge < -0.3 is 0 Å². The number of carbonyl (C=O) groups excluding carboxylic acids is 1. The van der Waals surface area contributed by atoms with Gasteiger partial charge in [-0.05, 0) is 91.9 Å². The third kappa shape index (κ3) is 5.01. The molecule has 1 heteroatoms. The van der Waals surface area contributed by atoms with Crippen molar-refractivity contribution in [3.05, 3.63) is 11.6 Å². The maximum absolute atomic E-state index is 13.3. The van der Waals surface area contributed by atoms with Crippen molar-refractivity contribution in [2.45, 2.75) is 132 Å². The lowest BCUT2D eigenvalue weighted by Crippen LogP contribution is -2.53. The van der Waals surface area contributed by atoms with Gasteiger partial charge in [0.15, 0.2) is 5.78 Å². The summed E-state index contributed by atoms with van der Waals surface area (Å²) in [5.41, 5.74) is 2.28. The normalized spacial score (nSPS) is 40.8. The first kappa shape index (κ1) is 26.7. The Kier molecular flexibility index (Phi) is 9.90. The summed E-state index contributed by atoms with van der Waals surface area (Å²) in [6, 6.07) is 0. The van der Waals surface area contributed by atoms with E-state index in [1.165, 1.54) is 82.6 Å². The highest BCUT2D eigenvalue weighted by molar-refractivity contribution is 5.94. The standard InChI is InChI=1S/C26H42O.2C2H6/c1-5-6-7-8-9-19-10-11-21-24-22(13-15-25(19,21)3)26(4)14-12-18(2)16-20(26)17-23(24)27;2*1-2/h17-19,21-22,24H,5-16H2,1-4H3;2*1-2H3/t18?,19-,21?,22?,24?,25+,26-;;/m0../s1. The maximum atomic E-state index is 13.3. The SMILES string of the molecule is CC.CC.CCCCCC[C@H]1CCC2C3C(=O)C=C4CC(C)CC[C@]4(C)C3CC[C@@]21C. The molecule has 0 aromatic carbocycles. The van der Waals surface area contributed by atoms with E-state index in [1.54, 1.807) is 0 Å². The number of rotatable bonds is 5. The Bertz CT molecular complexity index is 604. The fraction of sp³-hybridized carbons (Fsp3) is 0.900. The second-order valence-corrected chi connectivity index (χ2v) is 11.2. The van der Waals surface area contributed by atoms with Gasteiger partial charge in [-0.25, -0.2) is 0 Å².